The molecule has 0 spiro atoms. The predicted molar refractivity (Wildman–Crippen MR) is 72.1 cm³/mol. The van der Waals surface area contributed by atoms with E-state index < -0.39 is 5.97 Å². The van der Waals surface area contributed by atoms with E-state index in [4.69, 9.17) is 5.11 Å². The molecular formula is C14H11FN4O2. The third-order valence-corrected chi connectivity index (χ3v) is 3.03. The number of benzene rings is 1. The van der Waals surface area contributed by atoms with Crippen molar-refractivity contribution in [1.82, 2.24) is 19.8 Å². The first-order chi connectivity index (χ1) is 10.1. The minimum atomic E-state index is -0.901. The second-order valence-corrected chi connectivity index (χ2v) is 4.51. The van der Waals surface area contributed by atoms with Gasteiger partial charge in [-0.05, 0) is 36.4 Å². The second-order valence-electron chi connectivity index (χ2n) is 4.51. The summed E-state index contributed by atoms with van der Waals surface area (Å²) in [7, 11) is 0. The molecule has 6 nitrogen and oxygen atoms in total. The third kappa shape index (κ3) is 2.71. The summed E-state index contributed by atoms with van der Waals surface area (Å²) in [5.74, 6) is -0.732. The molecule has 7 heteroatoms. The molecule has 2 heterocycles. The molecule has 21 heavy (non-hydrogen) atoms. The molecule has 0 aliphatic carbocycles. The molecule has 3 rings (SSSR count). The number of nitrogens with zero attached hydrogens (tertiary/aromatic N) is 4. The zero-order valence-corrected chi connectivity index (χ0v) is 10.9. The lowest BCUT2D eigenvalue weighted by molar-refractivity contribution is -0.137. The van der Waals surface area contributed by atoms with Gasteiger partial charge in [0.05, 0.1) is 12.1 Å². The Balaban J connectivity index is 1.99. The number of hydrogen-bond acceptors (Lipinski definition) is 4. The highest BCUT2D eigenvalue weighted by Gasteiger charge is 2.10. The van der Waals surface area contributed by atoms with Gasteiger partial charge in [0.25, 0.3) is 0 Å². The standard InChI is InChI=1S/C14H11FN4O2/c15-10-3-1-9(2-4-10)11-5-6-12-16-17-13(19(12)18-11)7-8-14(20)21/h1-6H,7-8H2,(H,20,21). The molecule has 0 saturated carbocycles. The highest BCUT2D eigenvalue weighted by Crippen LogP contribution is 2.18. The molecule has 0 radical (unpaired) electrons. The number of aryl methyl sites for hydroxylation is 1. The predicted octanol–water partition coefficient (Wildman–Crippen LogP) is 1.95. The molecule has 106 valence electrons. The van der Waals surface area contributed by atoms with E-state index in [1.54, 1.807) is 24.3 Å². The molecule has 0 atom stereocenters. The Hall–Kier alpha value is -2.83. The monoisotopic (exact) mass is 286 g/mol. The lowest BCUT2D eigenvalue weighted by Crippen LogP contribution is -2.04. The van der Waals surface area contributed by atoms with Gasteiger partial charge in [-0.15, -0.1) is 10.2 Å². The number of halogens is 1. The van der Waals surface area contributed by atoms with Crippen molar-refractivity contribution in [2.45, 2.75) is 12.8 Å². The average Bonchev–Trinajstić information content (AvgIpc) is 2.88. The number of carboxylic acid groups (broad SMARTS) is 1. The fourth-order valence-corrected chi connectivity index (χ4v) is 1.98. The van der Waals surface area contributed by atoms with Crippen LogP contribution < -0.4 is 0 Å². The number of carbonyl (C=O) groups is 1. The van der Waals surface area contributed by atoms with Crippen LogP contribution in [0, 0.1) is 5.82 Å². The van der Waals surface area contributed by atoms with Crippen LogP contribution in [0.25, 0.3) is 16.9 Å². The van der Waals surface area contributed by atoms with Gasteiger partial charge in [0, 0.05) is 12.0 Å². The number of aliphatic carboxylic acids is 1. The molecule has 2 aromatic heterocycles. The van der Waals surface area contributed by atoms with Crippen LogP contribution >= 0.6 is 0 Å². The zero-order chi connectivity index (χ0) is 14.8. The summed E-state index contributed by atoms with van der Waals surface area (Å²) in [6, 6.07) is 9.48. The second kappa shape index (κ2) is 5.28. The van der Waals surface area contributed by atoms with Crippen molar-refractivity contribution in [3.05, 3.63) is 48.0 Å². The van der Waals surface area contributed by atoms with Gasteiger partial charge >= 0.3 is 5.97 Å². The number of hydrogen-bond donors (Lipinski definition) is 1. The van der Waals surface area contributed by atoms with Crippen LogP contribution in [0.2, 0.25) is 0 Å². The van der Waals surface area contributed by atoms with Crippen molar-refractivity contribution < 1.29 is 14.3 Å². The Kier molecular flexibility index (Phi) is 3.31. The Morgan fingerprint density at radius 1 is 1.14 bits per heavy atom. The van der Waals surface area contributed by atoms with E-state index in [-0.39, 0.29) is 18.7 Å². The summed E-state index contributed by atoms with van der Waals surface area (Å²) in [5, 5.41) is 21.0. The fraction of sp³-hybridized carbons (Fsp3) is 0.143. The van der Waals surface area contributed by atoms with E-state index in [1.807, 2.05) is 0 Å². The number of carboxylic acids is 1. The lowest BCUT2D eigenvalue weighted by atomic mass is 10.1. The van der Waals surface area contributed by atoms with E-state index in [0.29, 0.717) is 17.2 Å². The molecule has 0 unspecified atom stereocenters. The third-order valence-electron chi connectivity index (χ3n) is 3.03. The van der Waals surface area contributed by atoms with Gasteiger partial charge in [0.1, 0.15) is 5.82 Å². The summed E-state index contributed by atoms with van der Waals surface area (Å²) >= 11 is 0. The summed E-state index contributed by atoms with van der Waals surface area (Å²) in [4.78, 5) is 10.6. The first kappa shape index (κ1) is 13.2. The van der Waals surface area contributed by atoms with Crippen LogP contribution in [0.5, 0.6) is 0 Å². The van der Waals surface area contributed by atoms with E-state index in [9.17, 15) is 9.18 Å². The summed E-state index contributed by atoms with van der Waals surface area (Å²) < 4.78 is 14.5. The van der Waals surface area contributed by atoms with Crippen LogP contribution in [0.3, 0.4) is 0 Å². The van der Waals surface area contributed by atoms with Crippen LogP contribution in [-0.2, 0) is 11.2 Å². The van der Waals surface area contributed by atoms with Crippen molar-refractivity contribution in [3.8, 4) is 11.3 Å². The maximum absolute atomic E-state index is 12.9. The highest BCUT2D eigenvalue weighted by atomic mass is 19.1. The average molecular weight is 286 g/mol. The van der Waals surface area contributed by atoms with Gasteiger partial charge in [-0.1, -0.05) is 0 Å². The topological polar surface area (TPSA) is 80.4 Å². The minimum absolute atomic E-state index is 0.0384. The van der Waals surface area contributed by atoms with Gasteiger partial charge in [-0.2, -0.15) is 9.61 Å². The van der Waals surface area contributed by atoms with Crippen LogP contribution in [0.15, 0.2) is 36.4 Å². The van der Waals surface area contributed by atoms with E-state index in [1.165, 1.54) is 16.6 Å². The Labute approximate surface area is 118 Å². The van der Waals surface area contributed by atoms with Crippen molar-refractivity contribution in [2.24, 2.45) is 0 Å². The first-order valence-electron chi connectivity index (χ1n) is 6.32. The summed E-state index contributed by atoms with van der Waals surface area (Å²) in [6.45, 7) is 0. The Bertz CT molecular complexity index is 798. The Morgan fingerprint density at radius 3 is 2.62 bits per heavy atom. The van der Waals surface area contributed by atoms with Crippen LogP contribution in [0.4, 0.5) is 4.39 Å². The summed E-state index contributed by atoms with van der Waals surface area (Å²) in [6.07, 6.45) is 0.208. The van der Waals surface area contributed by atoms with Crippen LogP contribution in [0.1, 0.15) is 12.2 Å². The number of rotatable bonds is 4. The molecule has 0 amide bonds. The zero-order valence-electron chi connectivity index (χ0n) is 10.9. The maximum atomic E-state index is 12.9. The molecule has 0 fully saturated rings. The lowest BCUT2D eigenvalue weighted by Gasteiger charge is -2.02. The Morgan fingerprint density at radius 2 is 1.90 bits per heavy atom. The minimum Gasteiger partial charge on any atom is -0.481 e. The quantitative estimate of drug-likeness (QED) is 0.792. The van der Waals surface area contributed by atoms with Gasteiger partial charge in [-0.25, -0.2) is 4.39 Å². The van der Waals surface area contributed by atoms with Crippen molar-refractivity contribution in [3.63, 3.8) is 0 Å². The molecule has 0 aliphatic rings. The molecule has 0 bridgehead atoms. The SMILES string of the molecule is O=C(O)CCc1nnc2ccc(-c3ccc(F)cc3)nn12. The number of aromatic nitrogens is 4. The van der Waals surface area contributed by atoms with Gasteiger partial charge in [-0.3, -0.25) is 4.79 Å². The van der Waals surface area contributed by atoms with Gasteiger partial charge < -0.3 is 5.11 Å². The van der Waals surface area contributed by atoms with Crippen molar-refractivity contribution in [2.75, 3.05) is 0 Å². The normalized spacial score (nSPS) is 10.9. The van der Waals surface area contributed by atoms with E-state index in [0.717, 1.165) is 5.56 Å². The highest BCUT2D eigenvalue weighted by molar-refractivity contribution is 5.67. The van der Waals surface area contributed by atoms with Gasteiger partial charge in [0.2, 0.25) is 0 Å². The molecule has 0 saturated heterocycles. The van der Waals surface area contributed by atoms with Gasteiger partial charge in [0.15, 0.2) is 11.5 Å². The van der Waals surface area contributed by atoms with Crippen molar-refractivity contribution >= 4 is 11.6 Å². The molecule has 0 aliphatic heterocycles. The number of fused-ring (bicyclic) bond motifs is 1. The van der Waals surface area contributed by atoms with E-state index >= 15 is 0 Å². The molecule has 1 N–H and O–H groups in total. The van der Waals surface area contributed by atoms with Crippen molar-refractivity contribution in [1.29, 1.82) is 0 Å². The molecule has 3 aromatic rings. The fourth-order valence-electron chi connectivity index (χ4n) is 1.98. The van der Waals surface area contributed by atoms with E-state index in [2.05, 4.69) is 15.3 Å². The van der Waals surface area contributed by atoms with Crippen LogP contribution in [-0.4, -0.2) is 30.9 Å². The summed E-state index contributed by atoms with van der Waals surface area (Å²) in [5.41, 5.74) is 1.94. The first-order valence-corrected chi connectivity index (χ1v) is 6.32. The maximum Gasteiger partial charge on any atom is 0.303 e. The molecule has 1 aromatic carbocycles. The largest absolute Gasteiger partial charge is 0.481 e. The molecular weight excluding hydrogens is 275 g/mol. The smallest absolute Gasteiger partial charge is 0.303 e.